The fourth-order valence-corrected chi connectivity index (χ4v) is 3.59. The molecule has 0 aromatic carbocycles. The van der Waals surface area contributed by atoms with Crippen molar-refractivity contribution in [1.29, 1.82) is 0 Å². The third-order valence-electron chi connectivity index (χ3n) is 5.08. The van der Waals surface area contributed by atoms with Crippen LogP contribution in [0.4, 0.5) is 0 Å². The molecule has 1 fully saturated rings. The highest BCUT2D eigenvalue weighted by Gasteiger charge is 2.18. The van der Waals surface area contributed by atoms with Crippen LogP contribution >= 0.6 is 0 Å². The van der Waals surface area contributed by atoms with E-state index in [1.54, 1.807) is 6.07 Å². The molecular formula is C18H27N3O3. The Kier molecular flexibility index (Phi) is 5.68. The van der Waals surface area contributed by atoms with E-state index in [2.05, 4.69) is 15.2 Å². The molecular weight excluding hydrogens is 306 g/mol. The number of likely N-dealkylation sites (tertiary alicyclic amines) is 1. The molecule has 0 radical (unpaired) electrons. The van der Waals surface area contributed by atoms with E-state index in [0.717, 1.165) is 75.8 Å². The summed E-state index contributed by atoms with van der Waals surface area (Å²) in [4.78, 5) is 29.5. The molecule has 0 unspecified atom stereocenters. The van der Waals surface area contributed by atoms with Crippen molar-refractivity contribution in [3.05, 3.63) is 33.2 Å². The quantitative estimate of drug-likeness (QED) is 0.697. The summed E-state index contributed by atoms with van der Waals surface area (Å²) in [5.41, 5.74) is 2.06. The summed E-state index contributed by atoms with van der Waals surface area (Å²) < 4.78 is 0. The number of aromatic nitrogens is 1. The van der Waals surface area contributed by atoms with E-state index in [9.17, 15) is 14.7 Å². The summed E-state index contributed by atoms with van der Waals surface area (Å²) in [5.74, 6) is -0.279. The molecule has 6 heteroatoms. The van der Waals surface area contributed by atoms with Crippen molar-refractivity contribution in [2.45, 2.75) is 51.0 Å². The van der Waals surface area contributed by atoms with Gasteiger partial charge in [-0.3, -0.25) is 9.59 Å². The number of aryl methyl sites for hydroxylation is 2. The molecule has 2 aliphatic rings. The van der Waals surface area contributed by atoms with Crippen LogP contribution in [0.3, 0.4) is 0 Å². The molecule has 3 rings (SSSR count). The highest BCUT2D eigenvalue weighted by atomic mass is 16.3. The van der Waals surface area contributed by atoms with Crippen LogP contribution in [-0.4, -0.2) is 53.2 Å². The van der Waals surface area contributed by atoms with Crippen molar-refractivity contribution in [3.8, 4) is 0 Å². The lowest BCUT2D eigenvalue weighted by atomic mass is 9.95. The number of aromatic amines is 1. The first kappa shape index (κ1) is 17.2. The highest BCUT2D eigenvalue weighted by molar-refractivity contribution is 5.94. The van der Waals surface area contributed by atoms with Gasteiger partial charge in [-0.15, -0.1) is 0 Å². The van der Waals surface area contributed by atoms with E-state index in [4.69, 9.17) is 0 Å². The van der Waals surface area contributed by atoms with Crippen molar-refractivity contribution in [3.63, 3.8) is 0 Å². The minimum absolute atomic E-state index is 0.156. The first-order valence-corrected chi connectivity index (χ1v) is 9.07. The standard InChI is InChI=1S/C18H27N3O3/c22-14-6-10-21(11-7-14)9-3-8-19-17(23)15-12-13-4-1-2-5-16(13)20-18(15)24/h12,14,22H,1-11H2,(H,19,23)(H,20,24). The number of carbonyl (C=O) groups is 1. The van der Waals surface area contributed by atoms with Gasteiger partial charge in [0.05, 0.1) is 6.10 Å². The second-order valence-corrected chi connectivity index (χ2v) is 6.91. The van der Waals surface area contributed by atoms with Crippen LogP contribution in [0.25, 0.3) is 0 Å². The molecule has 3 N–H and O–H groups in total. The summed E-state index contributed by atoms with van der Waals surface area (Å²) in [5, 5.41) is 12.4. The van der Waals surface area contributed by atoms with Crippen molar-refractivity contribution in [2.24, 2.45) is 0 Å². The van der Waals surface area contributed by atoms with Gasteiger partial charge in [-0.05, 0) is 63.1 Å². The Labute approximate surface area is 142 Å². The van der Waals surface area contributed by atoms with Gasteiger partial charge >= 0.3 is 0 Å². The Morgan fingerprint density at radius 1 is 1.29 bits per heavy atom. The highest BCUT2D eigenvalue weighted by Crippen LogP contribution is 2.18. The molecule has 6 nitrogen and oxygen atoms in total. The zero-order valence-corrected chi connectivity index (χ0v) is 14.1. The molecule has 0 atom stereocenters. The number of nitrogens with one attached hydrogen (secondary N) is 2. The van der Waals surface area contributed by atoms with Crippen LogP contribution in [0.15, 0.2) is 10.9 Å². The topological polar surface area (TPSA) is 85.4 Å². The molecule has 1 aliphatic carbocycles. The van der Waals surface area contributed by atoms with Crippen LogP contribution in [0, 0.1) is 0 Å². The van der Waals surface area contributed by atoms with E-state index < -0.39 is 0 Å². The van der Waals surface area contributed by atoms with Gasteiger partial charge in [0.2, 0.25) is 0 Å². The van der Waals surface area contributed by atoms with Crippen LogP contribution < -0.4 is 10.9 Å². The second kappa shape index (κ2) is 7.94. The zero-order valence-electron chi connectivity index (χ0n) is 14.1. The third-order valence-corrected chi connectivity index (χ3v) is 5.08. The predicted octanol–water partition coefficient (Wildman–Crippen LogP) is 0.830. The van der Waals surface area contributed by atoms with Crippen molar-refractivity contribution in [2.75, 3.05) is 26.2 Å². The predicted molar refractivity (Wildman–Crippen MR) is 92.3 cm³/mol. The van der Waals surface area contributed by atoms with Gasteiger partial charge in [-0.25, -0.2) is 0 Å². The maximum absolute atomic E-state index is 12.3. The fraction of sp³-hybridized carbons (Fsp3) is 0.667. The summed E-state index contributed by atoms with van der Waals surface area (Å²) in [6.45, 7) is 3.31. The van der Waals surface area contributed by atoms with E-state index in [-0.39, 0.29) is 23.1 Å². The number of fused-ring (bicyclic) bond motifs is 1. The van der Waals surface area contributed by atoms with Crippen molar-refractivity contribution in [1.82, 2.24) is 15.2 Å². The molecule has 1 amide bonds. The van der Waals surface area contributed by atoms with Gasteiger partial charge in [0.15, 0.2) is 0 Å². The molecule has 0 spiro atoms. The summed E-state index contributed by atoms with van der Waals surface area (Å²) in [7, 11) is 0. The van der Waals surface area contributed by atoms with Crippen LogP contribution in [0.2, 0.25) is 0 Å². The number of aliphatic hydroxyl groups excluding tert-OH is 1. The van der Waals surface area contributed by atoms with Crippen molar-refractivity contribution < 1.29 is 9.90 Å². The molecule has 0 bridgehead atoms. The lowest BCUT2D eigenvalue weighted by Gasteiger charge is -2.29. The fourth-order valence-electron chi connectivity index (χ4n) is 3.59. The molecule has 1 saturated heterocycles. The van der Waals surface area contributed by atoms with Crippen molar-refractivity contribution >= 4 is 5.91 Å². The van der Waals surface area contributed by atoms with E-state index in [1.165, 1.54) is 0 Å². The average Bonchev–Trinajstić information content (AvgIpc) is 2.59. The zero-order chi connectivity index (χ0) is 16.9. The Morgan fingerprint density at radius 3 is 2.83 bits per heavy atom. The van der Waals surface area contributed by atoms with Gasteiger partial charge in [-0.1, -0.05) is 0 Å². The smallest absolute Gasteiger partial charge is 0.261 e. The molecule has 1 aliphatic heterocycles. The summed E-state index contributed by atoms with van der Waals surface area (Å²) >= 11 is 0. The number of amides is 1. The molecule has 2 heterocycles. The summed E-state index contributed by atoms with van der Waals surface area (Å²) in [6.07, 6.45) is 6.41. The minimum atomic E-state index is -0.279. The lowest BCUT2D eigenvalue weighted by Crippen LogP contribution is -2.38. The second-order valence-electron chi connectivity index (χ2n) is 6.91. The number of pyridine rings is 1. The number of nitrogens with zero attached hydrogens (tertiary/aromatic N) is 1. The minimum Gasteiger partial charge on any atom is -0.393 e. The third kappa shape index (κ3) is 4.24. The Balaban J connectivity index is 1.48. The van der Waals surface area contributed by atoms with Gasteiger partial charge in [0, 0.05) is 25.3 Å². The van der Waals surface area contributed by atoms with E-state index in [0.29, 0.717) is 6.54 Å². The molecule has 24 heavy (non-hydrogen) atoms. The Hall–Kier alpha value is -1.66. The van der Waals surface area contributed by atoms with Crippen LogP contribution in [0.1, 0.15) is 53.7 Å². The van der Waals surface area contributed by atoms with Gasteiger partial charge in [0.1, 0.15) is 5.56 Å². The maximum Gasteiger partial charge on any atom is 0.261 e. The van der Waals surface area contributed by atoms with Crippen LogP contribution in [0.5, 0.6) is 0 Å². The first-order valence-electron chi connectivity index (χ1n) is 9.07. The largest absolute Gasteiger partial charge is 0.393 e. The average molecular weight is 333 g/mol. The number of rotatable bonds is 5. The Morgan fingerprint density at radius 2 is 2.04 bits per heavy atom. The molecule has 1 aromatic heterocycles. The molecule has 1 aromatic rings. The van der Waals surface area contributed by atoms with Gasteiger partial charge in [0.25, 0.3) is 11.5 Å². The first-order chi connectivity index (χ1) is 11.6. The number of piperidine rings is 1. The number of hydrogen-bond donors (Lipinski definition) is 3. The number of aliphatic hydroxyl groups is 1. The number of carbonyl (C=O) groups excluding carboxylic acids is 1. The van der Waals surface area contributed by atoms with E-state index in [1.807, 2.05) is 0 Å². The molecule has 0 saturated carbocycles. The SMILES string of the molecule is O=C(NCCCN1CCC(O)CC1)c1cc2c([nH]c1=O)CCCC2. The normalized spacial score (nSPS) is 19.0. The van der Waals surface area contributed by atoms with E-state index >= 15 is 0 Å². The number of H-pyrrole nitrogens is 1. The van der Waals surface area contributed by atoms with Crippen LogP contribution in [-0.2, 0) is 12.8 Å². The summed E-state index contributed by atoms with van der Waals surface area (Å²) in [6, 6.07) is 1.77. The maximum atomic E-state index is 12.3. The lowest BCUT2D eigenvalue weighted by molar-refractivity contribution is 0.0816. The number of hydrogen-bond acceptors (Lipinski definition) is 4. The monoisotopic (exact) mass is 333 g/mol. The Bertz CT molecular complexity index is 633. The van der Waals surface area contributed by atoms with Gasteiger partial charge < -0.3 is 20.3 Å². The molecule has 132 valence electrons. The van der Waals surface area contributed by atoms with Gasteiger partial charge in [-0.2, -0.15) is 0 Å².